The summed E-state index contributed by atoms with van der Waals surface area (Å²) in [6, 6.07) is 15.4. The number of guanidine groups is 1. The van der Waals surface area contributed by atoms with Gasteiger partial charge in [0.2, 0.25) is 0 Å². The van der Waals surface area contributed by atoms with E-state index in [-0.39, 0.29) is 24.0 Å². The van der Waals surface area contributed by atoms with Crippen molar-refractivity contribution >= 4 is 40.7 Å². The molecule has 1 heterocycles. The molecule has 0 saturated carbocycles. The van der Waals surface area contributed by atoms with Gasteiger partial charge in [0, 0.05) is 32.2 Å². The van der Waals surface area contributed by atoms with E-state index in [4.69, 9.17) is 9.73 Å². The lowest BCUT2D eigenvalue weighted by atomic mass is 10.0. The Morgan fingerprint density at radius 3 is 2.60 bits per heavy atom. The van der Waals surface area contributed by atoms with Crippen LogP contribution in [0.15, 0.2) is 47.5 Å². The minimum atomic E-state index is 0. The molecule has 0 aliphatic carbocycles. The number of nitrogens with one attached hydrogen (secondary N) is 2. The molecule has 1 aliphatic rings. The van der Waals surface area contributed by atoms with Crippen LogP contribution in [0.2, 0.25) is 0 Å². The molecule has 0 unspecified atom stereocenters. The molecule has 1 aliphatic heterocycles. The van der Waals surface area contributed by atoms with E-state index in [0.29, 0.717) is 18.7 Å². The molecule has 0 atom stereocenters. The lowest BCUT2D eigenvalue weighted by molar-refractivity contribution is 0.0532. The number of hydrogen-bond donors (Lipinski definition) is 2. The summed E-state index contributed by atoms with van der Waals surface area (Å²) in [5, 5.41) is 9.62. The highest BCUT2D eigenvalue weighted by molar-refractivity contribution is 14.0. The van der Waals surface area contributed by atoms with E-state index in [9.17, 15) is 0 Å². The number of benzene rings is 2. The fourth-order valence-electron chi connectivity index (χ4n) is 3.83. The molecular weight excluding hydrogens is 487 g/mol. The molecule has 166 valence electrons. The Kier molecular flexibility index (Phi) is 10.9. The van der Waals surface area contributed by atoms with Gasteiger partial charge in [-0.2, -0.15) is 0 Å². The minimum Gasteiger partial charge on any atom is -0.377 e. The third kappa shape index (κ3) is 7.71. The Balaban J connectivity index is 0.00000320. The first-order chi connectivity index (χ1) is 14.2. The fourth-order valence-corrected chi connectivity index (χ4v) is 3.83. The van der Waals surface area contributed by atoms with E-state index in [1.807, 2.05) is 0 Å². The number of nitrogens with zero attached hydrogens (tertiary/aromatic N) is 2. The van der Waals surface area contributed by atoms with E-state index in [0.717, 1.165) is 51.6 Å². The number of aliphatic imine (C=N–C) groups is 1. The van der Waals surface area contributed by atoms with Crippen LogP contribution in [0.1, 0.15) is 39.2 Å². The van der Waals surface area contributed by atoms with Gasteiger partial charge in [-0.25, -0.2) is 4.99 Å². The SMILES string of the molecule is CCNC(=NCc1cccc2ccccc12)NC1CCN(CCOC(C)C)CC1.I. The van der Waals surface area contributed by atoms with Crippen LogP contribution in [0.3, 0.4) is 0 Å². The number of hydrogen-bond acceptors (Lipinski definition) is 3. The highest BCUT2D eigenvalue weighted by atomic mass is 127. The predicted molar refractivity (Wildman–Crippen MR) is 138 cm³/mol. The minimum absolute atomic E-state index is 0. The summed E-state index contributed by atoms with van der Waals surface area (Å²) in [4.78, 5) is 7.38. The summed E-state index contributed by atoms with van der Waals surface area (Å²) >= 11 is 0. The number of likely N-dealkylation sites (tertiary alicyclic amines) is 1. The zero-order valence-electron chi connectivity index (χ0n) is 18.6. The Bertz CT molecular complexity index is 782. The molecule has 0 spiro atoms. The summed E-state index contributed by atoms with van der Waals surface area (Å²) in [6.45, 7) is 11.9. The second-order valence-corrected chi connectivity index (χ2v) is 8.01. The van der Waals surface area contributed by atoms with E-state index in [1.165, 1.54) is 16.3 Å². The monoisotopic (exact) mass is 524 g/mol. The number of ether oxygens (including phenoxy) is 1. The zero-order valence-corrected chi connectivity index (χ0v) is 20.9. The Morgan fingerprint density at radius 1 is 1.13 bits per heavy atom. The van der Waals surface area contributed by atoms with Gasteiger partial charge in [0.05, 0.1) is 19.3 Å². The first-order valence-electron chi connectivity index (χ1n) is 11.0. The van der Waals surface area contributed by atoms with Gasteiger partial charge in [-0.3, -0.25) is 0 Å². The van der Waals surface area contributed by atoms with E-state index in [1.54, 1.807) is 0 Å². The molecule has 0 bridgehead atoms. The van der Waals surface area contributed by atoms with E-state index < -0.39 is 0 Å². The maximum atomic E-state index is 5.69. The molecule has 0 aromatic heterocycles. The van der Waals surface area contributed by atoms with E-state index in [2.05, 4.69) is 78.8 Å². The summed E-state index contributed by atoms with van der Waals surface area (Å²) in [7, 11) is 0. The number of halogens is 1. The van der Waals surface area contributed by atoms with Gasteiger partial charge in [-0.15, -0.1) is 24.0 Å². The maximum Gasteiger partial charge on any atom is 0.191 e. The van der Waals surface area contributed by atoms with Crippen molar-refractivity contribution in [2.75, 3.05) is 32.8 Å². The van der Waals surface area contributed by atoms with Gasteiger partial charge in [-0.05, 0) is 49.9 Å². The molecule has 30 heavy (non-hydrogen) atoms. The van der Waals surface area contributed by atoms with Crippen LogP contribution < -0.4 is 10.6 Å². The molecule has 3 rings (SSSR count). The summed E-state index contributed by atoms with van der Waals surface area (Å²) < 4.78 is 5.69. The van der Waals surface area contributed by atoms with Crippen molar-refractivity contribution in [1.82, 2.24) is 15.5 Å². The zero-order chi connectivity index (χ0) is 20.5. The van der Waals surface area contributed by atoms with Crippen LogP contribution in [-0.2, 0) is 11.3 Å². The third-order valence-electron chi connectivity index (χ3n) is 5.42. The van der Waals surface area contributed by atoms with Crippen molar-refractivity contribution in [3.8, 4) is 0 Å². The molecule has 5 nitrogen and oxygen atoms in total. The van der Waals surface area contributed by atoms with E-state index >= 15 is 0 Å². The van der Waals surface area contributed by atoms with Gasteiger partial charge >= 0.3 is 0 Å². The van der Waals surface area contributed by atoms with Crippen molar-refractivity contribution in [3.63, 3.8) is 0 Å². The van der Waals surface area contributed by atoms with Gasteiger partial charge in [0.1, 0.15) is 0 Å². The van der Waals surface area contributed by atoms with Crippen molar-refractivity contribution in [3.05, 3.63) is 48.0 Å². The van der Waals surface area contributed by atoms with Crippen LogP contribution in [0, 0.1) is 0 Å². The lowest BCUT2D eigenvalue weighted by Crippen LogP contribution is -2.49. The van der Waals surface area contributed by atoms with Crippen LogP contribution in [-0.4, -0.2) is 55.8 Å². The third-order valence-corrected chi connectivity index (χ3v) is 5.42. The summed E-state index contributed by atoms with van der Waals surface area (Å²) in [5.74, 6) is 0.919. The standard InChI is InChI=1S/C24H36N4O.HI/c1-4-25-24(26-18-21-10-7-9-20-8-5-6-11-23(20)21)27-22-12-14-28(15-13-22)16-17-29-19(2)3;/h5-11,19,22H,4,12-18H2,1-3H3,(H2,25,26,27);1H. The number of rotatable bonds is 8. The second kappa shape index (κ2) is 13.1. The smallest absolute Gasteiger partial charge is 0.191 e. The molecule has 1 fully saturated rings. The largest absolute Gasteiger partial charge is 0.377 e. The first-order valence-corrected chi connectivity index (χ1v) is 11.0. The molecule has 1 saturated heterocycles. The molecule has 0 amide bonds. The van der Waals surface area contributed by atoms with Crippen molar-refractivity contribution in [2.24, 2.45) is 4.99 Å². The quantitative estimate of drug-likeness (QED) is 0.306. The molecule has 6 heteroatoms. The van der Waals surface area contributed by atoms with Crippen molar-refractivity contribution < 1.29 is 4.74 Å². The first kappa shape index (κ1) is 24.9. The van der Waals surface area contributed by atoms with Crippen molar-refractivity contribution in [1.29, 1.82) is 0 Å². The van der Waals surface area contributed by atoms with Gasteiger partial charge in [0.15, 0.2) is 5.96 Å². The molecule has 0 radical (unpaired) electrons. The Labute approximate surface area is 198 Å². The molecule has 2 aromatic carbocycles. The fraction of sp³-hybridized carbons (Fsp3) is 0.542. The average molecular weight is 524 g/mol. The van der Waals surface area contributed by atoms with Gasteiger partial charge < -0.3 is 20.3 Å². The molecule has 2 aromatic rings. The highest BCUT2D eigenvalue weighted by Crippen LogP contribution is 2.19. The van der Waals surface area contributed by atoms with Crippen molar-refractivity contribution in [2.45, 2.75) is 52.3 Å². The van der Waals surface area contributed by atoms with Crippen LogP contribution in [0.4, 0.5) is 0 Å². The normalized spacial score (nSPS) is 15.9. The summed E-state index contributed by atoms with van der Waals surface area (Å²) in [6.07, 6.45) is 2.59. The average Bonchev–Trinajstić information content (AvgIpc) is 2.73. The number of piperidine rings is 1. The van der Waals surface area contributed by atoms with Crippen LogP contribution in [0.25, 0.3) is 10.8 Å². The molecular formula is C24H37IN4O. The van der Waals surface area contributed by atoms with Gasteiger partial charge in [0.25, 0.3) is 0 Å². The summed E-state index contributed by atoms with van der Waals surface area (Å²) in [5.41, 5.74) is 1.26. The Hall–Kier alpha value is -1.38. The number of fused-ring (bicyclic) bond motifs is 1. The predicted octanol–water partition coefficient (Wildman–Crippen LogP) is 4.40. The van der Waals surface area contributed by atoms with Crippen LogP contribution >= 0.6 is 24.0 Å². The topological polar surface area (TPSA) is 48.9 Å². The maximum absolute atomic E-state index is 5.69. The highest BCUT2D eigenvalue weighted by Gasteiger charge is 2.19. The lowest BCUT2D eigenvalue weighted by Gasteiger charge is -2.33. The Morgan fingerprint density at radius 2 is 1.87 bits per heavy atom. The molecule has 2 N–H and O–H groups in total. The van der Waals surface area contributed by atoms with Gasteiger partial charge in [-0.1, -0.05) is 42.5 Å². The van der Waals surface area contributed by atoms with Crippen LogP contribution in [0.5, 0.6) is 0 Å². The second-order valence-electron chi connectivity index (χ2n) is 8.01.